The molecule has 3 unspecified atom stereocenters. The van der Waals surface area contributed by atoms with E-state index in [2.05, 4.69) is 151 Å². The van der Waals surface area contributed by atoms with E-state index in [0.717, 1.165) is 93.6 Å². The van der Waals surface area contributed by atoms with E-state index in [0.29, 0.717) is 31.4 Å². The largest absolute Gasteiger partial charge is 0.465 e. The quantitative estimate of drug-likeness (QED) is 0.0407. The molecule has 2 saturated carbocycles. The summed E-state index contributed by atoms with van der Waals surface area (Å²) in [5.41, 5.74) is 7.89. The lowest BCUT2D eigenvalue weighted by atomic mass is 9.95. The molecule has 9 nitrogen and oxygen atoms in total. The molecule has 3 N–H and O–H groups in total. The van der Waals surface area contributed by atoms with E-state index < -0.39 is 6.10 Å². The minimum Gasteiger partial charge on any atom is -0.465 e. The third-order valence-electron chi connectivity index (χ3n) is 12.5. The van der Waals surface area contributed by atoms with Crippen LogP contribution < -0.4 is 11.3 Å². The van der Waals surface area contributed by atoms with Gasteiger partial charge in [-0.3, -0.25) is 19.4 Å². The summed E-state index contributed by atoms with van der Waals surface area (Å²) in [5.74, 6) is 0.554. The summed E-state index contributed by atoms with van der Waals surface area (Å²) >= 11 is 0. The molecule has 2 fully saturated rings. The van der Waals surface area contributed by atoms with Gasteiger partial charge in [0.05, 0.1) is 11.6 Å². The Morgan fingerprint density at radius 3 is 1.83 bits per heavy atom. The highest BCUT2D eigenvalue weighted by Crippen LogP contribution is 2.45. The molecule has 1 aromatic heterocycles. The minimum absolute atomic E-state index is 0.0435. The zero-order valence-corrected chi connectivity index (χ0v) is 41.9. The van der Waals surface area contributed by atoms with Crippen molar-refractivity contribution in [1.29, 1.82) is 0 Å². The van der Waals surface area contributed by atoms with Crippen LogP contribution >= 0.6 is 0 Å². The van der Waals surface area contributed by atoms with Crippen LogP contribution in [0.4, 0.5) is 11.6 Å². The lowest BCUT2D eigenvalue weighted by Gasteiger charge is -2.20. The van der Waals surface area contributed by atoms with E-state index in [4.69, 9.17) is 15.2 Å². The van der Waals surface area contributed by atoms with Gasteiger partial charge in [-0.15, -0.1) is 0 Å². The summed E-state index contributed by atoms with van der Waals surface area (Å²) in [7, 11) is 0. The number of carbonyl (C=O) groups excluding carboxylic acids is 2. The predicted molar refractivity (Wildman–Crippen MR) is 288 cm³/mol. The van der Waals surface area contributed by atoms with E-state index in [9.17, 15) is 14.4 Å². The molecule has 69 heavy (non-hydrogen) atoms. The third kappa shape index (κ3) is 23.8. The lowest BCUT2D eigenvalue weighted by molar-refractivity contribution is -0.153. The van der Waals surface area contributed by atoms with Crippen molar-refractivity contribution < 1.29 is 19.1 Å². The Hall–Kier alpha value is -5.83. The second-order valence-corrected chi connectivity index (χ2v) is 18.2. The fourth-order valence-corrected chi connectivity index (χ4v) is 8.50. The van der Waals surface area contributed by atoms with Crippen LogP contribution in [-0.2, 0) is 25.5 Å². The number of nitrogens with zero attached hydrogens (tertiary/aromatic N) is 2. The summed E-state index contributed by atoms with van der Waals surface area (Å²) in [6.45, 7) is 8.79. The van der Waals surface area contributed by atoms with Crippen molar-refractivity contribution in [2.75, 3.05) is 12.3 Å². The number of nitrogens with one attached hydrogen (secondary N) is 1. The van der Waals surface area contributed by atoms with Gasteiger partial charge < -0.3 is 15.2 Å². The Morgan fingerprint density at radius 1 is 0.696 bits per heavy atom. The van der Waals surface area contributed by atoms with Gasteiger partial charge in [0.1, 0.15) is 18.4 Å². The third-order valence-corrected chi connectivity index (χ3v) is 12.5. The number of aliphatic imine (C=N–C) groups is 1. The van der Waals surface area contributed by atoms with Gasteiger partial charge in [-0.05, 0) is 120 Å². The van der Waals surface area contributed by atoms with Gasteiger partial charge in [-0.2, -0.15) is 0 Å². The number of allylic oxidation sites excluding steroid dienone is 22. The molecule has 0 aromatic carbocycles. The Kier molecular flexibility index (Phi) is 27.8. The van der Waals surface area contributed by atoms with E-state index in [1.807, 2.05) is 12.2 Å². The normalized spacial score (nSPS) is 21.3. The monoisotopic (exact) mass is 939 g/mol. The maximum atomic E-state index is 13.2. The van der Waals surface area contributed by atoms with Gasteiger partial charge in [0.15, 0.2) is 0 Å². The average Bonchev–Trinajstić information content (AvgIpc) is 4.02. The molecule has 1 aliphatic heterocycles. The number of rotatable bonds is 33. The number of nitrogen functional groups attached to an aromatic ring is 1. The first-order valence-electron chi connectivity index (χ1n) is 26.0. The highest BCUT2D eigenvalue weighted by Gasteiger charge is 2.40. The van der Waals surface area contributed by atoms with Crippen LogP contribution in [0.15, 0.2) is 155 Å². The number of ether oxygens (including phenoxy) is 2. The number of anilines is 1. The molecule has 9 heteroatoms. The highest BCUT2D eigenvalue weighted by molar-refractivity contribution is 5.84. The topological polar surface area (TPSA) is 137 Å². The standard InChI is InChI=1S/C60H82N4O5/c1-4-6-8-10-12-14-16-18-19-20-21-22-23-24-26-28-30-32-36-40-56(65)68-47-53-48(3)52(42-49-43-54-58(62-46-49)59(67)64-60(61)63-54)45-55(53)69-57(66)41-37-33-35-39-51-44-50(51)38-34-31-29-27-25-17-15-13-11-9-7-5-2/h6-9,12-15,18-19,21-22,24-27,30,32-33,35,42,46,50-53,55H,3-5,10-11,16-17,20,23,28-29,31,34,36-41,43-45,47H2,1-2H3,(H3,61,63,64,67)/b8-6-,9-7-,14-12-,15-13-,19-18-,22-21-,26-24-,27-25-,32-30-,35-33-,49-42+/t50?,51?,52?,53-,55-/m0/s1. The van der Waals surface area contributed by atoms with Gasteiger partial charge in [0.2, 0.25) is 5.95 Å². The van der Waals surface area contributed by atoms with Crippen LogP contribution in [-0.4, -0.2) is 40.8 Å². The molecule has 2 heterocycles. The molecule has 0 saturated heterocycles. The average molecular weight is 939 g/mol. The van der Waals surface area contributed by atoms with Crippen molar-refractivity contribution in [3.63, 3.8) is 0 Å². The SMILES string of the molecule is C=C1C(/C=C2/C=Nc3c(nc(N)[nH]c3=O)C2)C[C@H](OC(=O)CC/C=C\CC2CC2CCCC/C=C\C/C=C\C/C=C\CC)[C@H]1COC(=O)CC/C=C\C/C=C\C/C=C\C/C=C\C/C=C\C/C=C\CC. The lowest BCUT2D eigenvalue weighted by Crippen LogP contribution is -2.27. The Balaban J connectivity index is 1.16. The van der Waals surface area contributed by atoms with E-state index >= 15 is 0 Å². The summed E-state index contributed by atoms with van der Waals surface area (Å²) in [6.07, 6.45) is 65.8. The summed E-state index contributed by atoms with van der Waals surface area (Å²) < 4.78 is 11.9. The van der Waals surface area contributed by atoms with Crippen LogP contribution in [0.1, 0.15) is 148 Å². The van der Waals surface area contributed by atoms with Gasteiger partial charge >= 0.3 is 11.9 Å². The molecule has 5 atom stereocenters. The Labute approximate surface area is 414 Å². The number of hydrogen-bond donors (Lipinski definition) is 2. The number of aromatic amines is 1. The number of esters is 2. The number of nitrogens with two attached hydrogens (primary N) is 1. The molecule has 0 spiro atoms. The number of H-pyrrole nitrogens is 1. The number of fused-ring (bicyclic) bond motifs is 1. The number of aromatic nitrogens is 2. The zero-order valence-electron chi connectivity index (χ0n) is 41.9. The van der Waals surface area contributed by atoms with Crippen molar-refractivity contribution in [3.8, 4) is 0 Å². The molecule has 372 valence electrons. The molecular weight excluding hydrogens is 857 g/mol. The van der Waals surface area contributed by atoms with E-state index in [1.165, 1.54) is 25.7 Å². The van der Waals surface area contributed by atoms with Crippen molar-refractivity contribution in [1.82, 2.24) is 9.97 Å². The zero-order chi connectivity index (χ0) is 49.2. The Morgan fingerprint density at radius 2 is 1.23 bits per heavy atom. The minimum atomic E-state index is -0.492. The van der Waals surface area contributed by atoms with E-state index in [1.54, 1.807) is 6.21 Å². The number of hydrogen-bond acceptors (Lipinski definition) is 8. The van der Waals surface area contributed by atoms with Gasteiger partial charge in [-0.25, -0.2) is 9.98 Å². The first-order valence-corrected chi connectivity index (χ1v) is 26.0. The van der Waals surface area contributed by atoms with Gasteiger partial charge in [0, 0.05) is 31.4 Å². The second-order valence-electron chi connectivity index (χ2n) is 18.2. The van der Waals surface area contributed by atoms with Crippen LogP contribution in [0.25, 0.3) is 0 Å². The van der Waals surface area contributed by atoms with Gasteiger partial charge in [-0.1, -0.05) is 166 Å². The van der Waals surface area contributed by atoms with Crippen molar-refractivity contribution in [2.45, 2.75) is 155 Å². The van der Waals surface area contributed by atoms with Crippen molar-refractivity contribution >= 4 is 29.8 Å². The smallest absolute Gasteiger partial charge is 0.306 e. The maximum absolute atomic E-state index is 13.2. The van der Waals surface area contributed by atoms with Gasteiger partial charge in [0.25, 0.3) is 5.56 Å². The van der Waals surface area contributed by atoms with Crippen molar-refractivity contribution in [3.05, 3.63) is 161 Å². The first kappa shape index (κ1) is 55.8. The predicted octanol–water partition coefficient (Wildman–Crippen LogP) is 14.4. The summed E-state index contributed by atoms with van der Waals surface area (Å²) in [5, 5.41) is 0. The highest BCUT2D eigenvalue weighted by atomic mass is 16.6. The summed E-state index contributed by atoms with van der Waals surface area (Å²) in [6, 6.07) is 0. The second kappa shape index (κ2) is 34.5. The molecule has 2 aliphatic carbocycles. The van der Waals surface area contributed by atoms with Crippen LogP contribution in [0, 0.1) is 23.7 Å². The fourth-order valence-electron chi connectivity index (χ4n) is 8.50. The number of unbranched alkanes of at least 4 members (excludes halogenated alkanes) is 2. The fraction of sp³-hybridized carbons (Fsp3) is 0.483. The van der Waals surface area contributed by atoms with Crippen LogP contribution in [0.3, 0.4) is 0 Å². The summed E-state index contributed by atoms with van der Waals surface area (Å²) in [4.78, 5) is 49.6. The number of carbonyl (C=O) groups is 2. The van der Waals surface area contributed by atoms with E-state index in [-0.39, 0.29) is 60.4 Å². The molecule has 0 bridgehead atoms. The molecular formula is C60H82N4O5. The molecule has 1 aromatic rings. The molecule has 4 rings (SSSR count). The Bertz CT molecular complexity index is 2160. The van der Waals surface area contributed by atoms with Crippen molar-refractivity contribution in [2.24, 2.45) is 28.7 Å². The van der Waals surface area contributed by atoms with Crippen LogP contribution in [0.2, 0.25) is 0 Å². The maximum Gasteiger partial charge on any atom is 0.306 e. The molecule has 0 amide bonds. The van der Waals surface area contributed by atoms with Crippen LogP contribution in [0.5, 0.6) is 0 Å². The first-order chi connectivity index (χ1) is 33.8. The molecule has 3 aliphatic rings. The molecule has 0 radical (unpaired) electrons.